The molecule has 0 aromatic heterocycles. The molecule has 80 valence electrons. The van der Waals surface area contributed by atoms with Crippen molar-refractivity contribution < 1.29 is 13.3 Å². The maximum atomic E-state index is 5.32. The van der Waals surface area contributed by atoms with E-state index in [1.807, 2.05) is 0 Å². The molecule has 0 aromatic carbocycles. The Morgan fingerprint density at radius 3 is 1.77 bits per heavy atom. The van der Waals surface area contributed by atoms with Crippen molar-refractivity contribution in [1.82, 2.24) is 0 Å². The summed E-state index contributed by atoms with van der Waals surface area (Å²) in [6.07, 6.45) is 2.40. The van der Waals surface area contributed by atoms with Crippen molar-refractivity contribution >= 4 is 16.7 Å². The second-order valence-corrected chi connectivity index (χ2v) is 8.90. The van der Waals surface area contributed by atoms with Crippen LogP contribution in [-0.4, -0.2) is 49.6 Å². The lowest BCUT2D eigenvalue weighted by Crippen LogP contribution is -2.42. The monoisotopic (exact) mass is 224 g/mol. The molecule has 0 unspecified atom stereocenters. The van der Waals surface area contributed by atoms with Gasteiger partial charge < -0.3 is 13.3 Å². The summed E-state index contributed by atoms with van der Waals surface area (Å²) in [5.41, 5.74) is 0. The molecule has 0 aliphatic rings. The van der Waals surface area contributed by atoms with Gasteiger partial charge in [-0.25, -0.2) is 0 Å². The molecule has 0 N–H and O–H groups in total. The quantitative estimate of drug-likeness (QED) is 0.489. The first-order chi connectivity index (χ1) is 6.10. The van der Waals surface area contributed by atoms with Crippen molar-refractivity contribution in [2.75, 3.05) is 40.8 Å². The van der Waals surface area contributed by atoms with E-state index in [2.05, 4.69) is 13.3 Å². The van der Waals surface area contributed by atoms with Gasteiger partial charge in [0.2, 0.25) is 0 Å². The molecule has 0 atom stereocenters. The fourth-order valence-electron chi connectivity index (χ4n) is 1.17. The summed E-state index contributed by atoms with van der Waals surface area (Å²) < 4.78 is 16.0. The van der Waals surface area contributed by atoms with Crippen molar-refractivity contribution in [3.8, 4) is 0 Å². The summed E-state index contributed by atoms with van der Waals surface area (Å²) in [5, 5.41) is 0. The Morgan fingerprint density at radius 1 is 1.00 bits per heavy atom. The molecule has 0 aliphatic heterocycles. The van der Waals surface area contributed by atoms with Gasteiger partial charge in [0.25, 0.3) is 0 Å². The summed E-state index contributed by atoms with van der Waals surface area (Å²) in [6.45, 7) is 4.57. The Balaban J connectivity index is 3.81. The molecule has 0 bridgehead atoms. The van der Waals surface area contributed by atoms with Crippen LogP contribution in [0.25, 0.3) is 0 Å². The molecular weight excluding hydrogens is 203 g/mol. The first-order valence-electron chi connectivity index (χ1n) is 4.40. The average Bonchev–Trinajstić information content (AvgIpc) is 2.13. The molecule has 0 rings (SSSR count). The normalized spacial score (nSPS) is 12.5. The van der Waals surface area contributed by atoms with Crippen LogP contribution in [0.4, 0.5) is 0 Å². The van der Waals surface area contributed by atoms with Crippen LogP contribution in [0.1, 0.15) is 6.42 Å². The lowest BCUT2D eigenvalue weighted by molar-refractivity contribution is 0.123. The number of hydrogen-bond donors (Lipinski definition) is 0. The fraction of sp³-hybridized carbons (Fsp3) is 1.00. The molecular formula is C8H21O3PSi. The van der Waals surface area contributed by atoms with Gasteiger partial charge in [0.05, 0.1) is 0 Å². The van der Waals surface area contributed by atoms with Gasteiger partial charge in [-0.1, -0.05) is 0 Å². The highest BCUT2D eigenvalue weighted by atomic mass is 31.1. The summed E-state index contributed by atoms with van der Waals surface area (Å²) in [4.78, 5) is 0. The van der Waals surface area contributed by atoms with Crippen molar-refractivity contribution in [3.05, 3.63) is 0 Å². The van der Waals surface area contributed by atoms with Gasteiger partial charge in [0.15, 0.2) is 0 Å². The van der Waals surface area contributed by atoms with Crippen LogP contribution in [-0.2, 0) is 13.3 Å². The molecule has 13 heavy (non-hydrogen) atoms. The Bertz CT molecular complexity index is 120. The molecule has 0 spiro atoms. The molecule has 0 radical (unpaired) electrons. The van der Waals surface area contributed by atoms with Crippen LogP contribution in [0, 0.1) is 0 Å². The summed E-state index contributed by atoms with van der Waals surface area (Å²) in [7, 11) is 2.91. The van der Waals surface area contributed by atoms with Crippen LogP contribution >= 0.6 is 7.92 Å². The average molecular weight is 224 g/mol. The molecule has 3 nitrogen and oxygen atoms in total. The van der Waals surface area contributed by atoms with E-state index in [9.17, 15) is 0 Å². The topological polar surface area (TPSA) is 27.7 Å². The lowest BCUT2D eigenvalue weighted by atomic mass is 10.6. The van der Waals surface area contributed by atoms with Gasteiger partial charge in [-0.15, -0.1) is 7.92 Å². The van der Waals surface area contributed by atoms with Crippen molar-refractivity contribution in [2.24, 2.45) is 0 Å². The van der Waals surface area contributed by atoms with Crippen molar-refractivity contribution in [2.45, 2.75) is 12.5 Å². The molecule has 0 amide bonds. The number of hydrogen-bond acceptors (Lipinski definition) is 3. The largest absolute Gasteiger partial charge is 0.500 e. The van der Waals surface area contributed by atoms with E-state index >= 15 is 0 Å². The zero-order chi connectivity index (χ0) is 10.3. The van der Waals surface area contributed by atoms with Crippen molar-refractivity contribution in [3.63, 3.8) is 0 Å². The molecule has 0 saturated heterocycles. The smallest absolute Gasteiger partial charge is 0.377 e. The maximum Gasteiger partial charge on any atom is 0.500 e. The van der Waals surface area contributed by atoms with Gasteiger partial charge in [0.1, 0.15) is 0 Å². The predicted molar refractivity (Wildman–Crippen MR) is 59.8 cm³/mol. The van der Waals surface area contributed by atoms with Gasteiger partial charge in [-0.05, 0) is 25.9 Å². The van der Waals surface area contributed by atoms with Gasteiger partial charge in [0, 0.05) is 27.4 Å². The molecule has 5 heteroatoms. The standard InChI is InChI=1S/C8H21O3PSi/c1-9-13(10-2,11-3)8-6-7-12(4)5/h6-8H2,1-5H3. The van der Waals surface area contributed by atoms with E-state index in [4.69, 9.17) is 13.3 Å². The van der Waals surface area contributed by atoms with Gasteiger partial charge in [-0.3, -0.25) is 0 Å². The third-order valence-corrected chi connectivity index (χ3v) is 6.06. The van der Waals surface area contributed by atoms with Gasteiger partial charge in [-0.2, -0.15) is 0 Å². The Labute approximate surface area is 83.9 Å². The molecule has 0 fully saturated rings. The van der Waals surface area contributed by atoms with Crippen LogP contribution in [0.2, 0.25) is 6.04 Å². The summed E-state index contributed by atoms with van der Waals surface area (Å²) in [6, 6.07) is 0.928. The highest BCUT2D eigenvalue weighted by Gasteiger charge is 2.36. The van der Waals surface area contributed by atoms with E-state index in [1.54, 1.807) is 21.3 Å². The molecule has 0 saturated carbocycles. The highest BCUT2D eigenvalue weighted by Crippen LogP contribution is 2.27. The van der Waals surface area contributed by atoms with E-state index in [1.165, 1.54) is 6.16 Å². The van der Waals surface area contributed by atoms with Crippen LogP contribution in [0.15, 0.2) is 0 Å². The van der Waals surface area contributed by atoms with E-state index in [0.29, 0.717) is 0 Å². The minimum absolute atomic E-state index is 0.187. The summed E-state index contributed by atoms with van der Waals surface area (Å²) >= 11 is 0. The predicted octanol–water partition coefficient (Wildman–Crippen LogP) is 2.00. The highest BCUT2D eigenvalue weighted by molar-refractivity contribution is 7.55. The lowest BCUT2D eigenvalue weighted by Gasteiger charge is -2.24. The Kier molecular flexibility index (Phi) is 7.18. The zero-order valence-corrected chi connectivity index (χ0v) is 11.2. The zero-order valence-electron chi connectivity index (χ0n) is 9.29. The third kappa shape index (κ3) is 5.08. The second-order valence-electron chi connectivity index (χ2n) is 3.20. The van der Waals surface area contributed by atoms with E-state index in [-0.39, 0.29) is 7.92 Å². The molecule has 0 aromatic rings. The third-order valence-electron chi connectivity index (χ3n) is 2.02. The molecule has 0 aliphatic carbocycles. The van der Waals surface area contributed by atoms with Crippen molar-refractivity contribution in [1.29, 1.82) is 0 Å². The summed E-state index contributed by atoms with van der Waals surface area (Å²) in [5.74, 6) is 0. The van der Waals surface area contributed by atoms with Crippen LogP contribution in [0.5, 0.6) is 0 Å². The van der Waals surface area contributed by atoms with E-state index < -0.39 is 8.80 Å². The van der Waals surface area contributed by atoms with Crippen LogP contribution < -0.4 is 0 Å². The Hall–Kier alpha value is 0.527. The fourth-order valence-corrected chi connectivity index (χ4v) is 3.98. The minimum Gasteiger partial charge on any atom is -0.377 e. The second kappa shape index (κ2) is 6.90. The Morgan fingerprint density at radius 2 is 1.46 bits per heavy atom. The minimum atomic E-state index is -2.27. The van der Waals surface area contributed by atoms with E-state index in [0.717, 1.165) is 12.5 Å². The first-order valence-corrected chi connectivity index (χ1v) is 8.75. The van der Waals surface area contributed by atoms with Gasteiger partial charge >= 0.3 is 8.80 Å². The van der Waals surface area contributed by atoms with Crippen LogP contribution in [0.3, 0.4) is 0 Å². The first kappa shape index (κ1) is 13.5. The molecule has 0 heterocycles. The number of rotatable bonds is 7. The maximum absolute atomic E-state index is 5.32. The SMILES string of the molecule is CO[Si](CCCP(C)C)(OC)OC.